The van der Waals surface area contributed by atoms with E-state index in [4.69, 9.17) is 9.90 Å². The Labute approximate surface area is 183 Å². The monoisotopic (exact) mass is 454 g/mol. The van der Waals surface area contributed by atoms with Crippen LogP contribution in [0.3, 0.4) is 0 Å². The summed E-state index contributed by atoms with van der Waals surface area (Å²) in [6.07, 6.45) is -3.06. The predicted octanol–water partition coefficient (Wildman–Crippen LogP) is 4.82. The van der Waals surface area contributed by atoms with Crippen molar-refractivity contribution in [2.75, 3.05) is 23.8 Å². The molecule has 0 aliphatic rings. The summed E-state index contributed by atoms with van der Waals surface area (Å²) in [6, 6.07) is 12.3. The third-order valence-electron chi connectivity index (χ3n) is 4.38. The van der Waals surface area contributed by atoms with Crippen molar-refractivity contribution in [2.45, 2.75) is 32.9 Å². The lowest BCUT2D eigenvalue weighted by molar-refractivity contribution is -0.192. The van der Waals surface area contributed by atoms with Crippen LogP contribution in [0.25, 0.3) is 0 Å². The van der Waals surface area contributed by atoms with Gasteiger partial charge in [-0.3, -0.25) is 4.79 Å². The van der Waals surface area contributed by atoms with Crippen molar-refractivity contribution in [3.8, 4) is 0 Å². The average molecular weight is 454 g/mol. The SMILES string of the molecule is CCCCN(C)c1ccc(NC(=O)c2ccccc2C)cc1C(=O)O.O=C(O)C(F)(F)F. The first-order valence-corrected chi connectivity index (χ1v) is 9.64. The number of nitrogens with one attached hydrogen (secondary N) is 1. The number of benzene rings is 2. The molecule has 2 aromatic rings. The Balaban J connectivity index is 0.000000633. The van der Waals surface area contributed by atoms with Crippen LogP contribution in [0.4, 0.5) is 24.5 Å². The molecule has 0 aromatic heterocycles. The zero-order valence-corrected chi connectivity index (χ0v) is 17.9. The van der Waals surface area contributed by atoms with Crippen LogP contribution >= 0.6 is 0 Å². The number of amides is 1. The number of anilines is 2. The van der Waals surface area contributed by atoms with Crippen LogP contribution in [-0.4, -0.2) is 47.8 Å². The number of alkyl halides is 3. The maximum atomic E-state index is 12.4. The van der Waals surface area contributed by atoms with Crippen molar-refractivity contribution in [1.29, 1.82) is 0 Å². The number of rotatable bonds is 7. The molecular weight excluding hydrogens is 429 g/mol. The molecule has 0 heterocycles. The molecule has 0 radical (unpaired) electrons. The van der Waals surface area contributed by atoms with Gasteiger partial charge in [0, 0.05) is 24.8 Å². The number of aryl methyl sites for hydroxylation is 1. The Kier molecular flexibility index (Phi) is 9.70. The summed E-state index contributed by atoms with van der Waals surface area (Å²) in [6.45, 7) is 4.74. The fraction of sp³-hybridized carbons (Fsp3) is 0.318. The van der Waals surface area contributed by atoms with Gasteiger partial charge in [-0.15, -0.1) is 0 Å². The van der Waals surface area contributed by atoms with Gasteiger partial charge >= 0.3 is 18.1 Å². The molecule has 0 atom stereocenters. The fourth-order valence-corrected chi connectivity index (χ4v) is 2.66. The lowest BCUT2D eigenvalue weighted by Crippen LogP contribution is -2.21. The summed E-state index contributed by atoms with van der Waals surface area (Å²) in [5.74, 6) is -4.01. The Morgan fingerprint density at radius 2 is 1.62 bits per heavy atom. The predicted molar refractivity (Wildman–Crippen MR) is 114 cm³/mol. The summed E-state index contributed by atoms with van der Waals surface area (Å²) < 4.78 is 31.7. The van der Waals surface area contributed by atoms with Crippen molar-refractivity contribution in [2.24, 2.45) is 0 Å². The molecule has 32 heavy (non-hydrogen) atoms. The maximum absolute atomic E-state index is 12.4. The molecule has 0 saturated heterocycles. The third-order valence-corrected chi connectivity index (χ3v) is 4.38. The van der Waals surface area contributed by atoms with Crippen molar-refractivity contribution in [1.82, 2.24) is 0 Å². The van der Waals surface area contributed by atoms with Gasteiger partial charge in [0.2, 0.25) is 0 Å². The van der Waals surface area contributed by atoms with Crippen LogP contribution in [0.1, 0.15) is 46.0 Å². The normalized spacial score (nSPS) is 10.6. The number of carboxylic acid groups (broad SMARTS) is 2. The minimum atomic E-state index is -5.08. The molecule has 2 rings (SSSR count). The number of aliphatic carboxylic acids is 1. The summed E-state index contributed by atoms with van der Waals surface area (Å²) >= 11 is 0. The van der Waals surface area contributed by atoms with Gasteiger partial charge in [-0.2, -0.15) is 13.2 Å². The van der Waals surface area contributed by atoms with Crippen molar-refractivity contribution in [3.63, 3.8) is 0 Å². The molecule has 2 aromatic carbocycles. The number of hydrogen-bond acceptors (Lipinski definition) is 4. The molecule has 7 nitrogen and oxygen atoms in total. The summed E-state index contributed by atoms with van der Waals surface area (Å²) in [5, 5.41) is 19.4. The van der Waals surface area contributed by atoms with Gasteiger partial charge in [-0.25, -0.2) is 9.59 Å². The average Bonchev–Trinajstić information content (AvgIpc) is 2.71. The highest BCUT2D eigenvalue weighted by Crippen LogP contribution is 2.25. The van der Waals surface area contributed by atoms with Crippen molar-refractivity contribution in [3.05, 3.63) is 59.2 Å². The summed E-state index contributed by atoms with van der Waals surface area (Å²) in [5.41, 5.74) is 2.74. The molecule has 0 fully saturated rings. The van der Waals surface area contributed by atoms with Gasteiger partial charge in [0.25, 0.3) is 5.91 Å². The zero-order chi connectivity index (χ0) is 24.5. The molecule has 0 bridgehead atoms. The first-order valence-electron chi connectivity index (χ1n) is 9.64. The van der Waals surface area contributed by atoms with E-state index in [0.717, 1.165) is 24.9 Å². The number of unbranched alkanes of at least 4 members (excludes halogenated alkanes) is 1. The van der Waals surface area contributed by atoms with Crippen molar-refractivity contribution < 1.29 is 37.8 Å². The molecule has 0 aliphatic heterocycles. The van der Waals surface area contributed by atoms with E-state index >= 15 is 0 Å². The third kappa shape index (κ3) is 7.93. The fourth-order valence-electron chi connectivity index (χ4n) is 2.66. The first-order chi connectivity index (χ1) is 14.9. The standard InChI is InChI=1S/C20H24N2O3.C2HF3O2/c1-4-5-12-22(3)18-11-10-15(13-17(18)20(24)25)21-19(23)16-9-7-6-8-14(16)2;3-2(4,5)1(6)7/h6-11,13H,4-5,12H2,1-3H3,(H,21,23)(H,24,25);(H,6,7). The van der Waals surface area contributed by atoms with E-state index in [1.807, 2.05) is 31.0 Å². The van der Waals surface area contributed by atoms with Gasteiger partial charge in [0.15, 0.2) is 0 Å². The molecule has 0 aliphatic carbocycles. The molecule has 10 heteroatoms. The van der Waals surface area contributed by atoms with Crippen molar-refractivity contribution >= 4 is 29.2 Å². The minimum absolute atomic E-state index is 0.182. The lowest BCUT2D eigenvalue weighted by Gasteiger charge is -2.21. The van der Waals surface area contributed by atoms with E-state index in [1.54, 1.807) is 24.3 Å². The highest BCUT2D eigenvalue weighted by atomic mass is 19.4. The molecule has 1 amide bonds. The minimum Gasteiger partial charge on any atom is -0.478 e. The molecular formula is C22H25F3N2O5. The number of halogens is 3. The van der Waals surface area contributed by atoms with Crippen LogP contribution in [0.5, 0.6) is 0 Å². The van der Waals surface area contributed by atoms with Crippen LogP contribution < -0.4 is 10.2 Å². The molecule has 0 unspecified atom stereocenters. The highest BCUT2D eigenvalue weighted by Gasteiger charge is 2.38. The van der Waals surface area contributed by atoms with E-state index < -0.39 is 18.1 Å². The molecule has 0 saturated carbocycles. The summed E-state index contributed by atoms with van der Waals surface area (Å²) in [4.78, 5) is 34.9. The van der Waals surface area contributed by atoms with E-state index in [2.05, 4.69) is 12.2 Å². The Hall–Kier alpha value is -3.56. The first kappa shape index (κ1) is 26.5. The van der Waals surface area contributed by atoms with Gasteiger partial charge in [-0.05, 0) is 43.2 Å². The highest BCUT2D eigenvalue weighted by molar-refractivity contribution is 6.06. The number of hydrogen-bond donors (Lipinski definition) is 3. The smallest absolute Gasteiger partial charge is 0.478 e. The van der Waals surface area contributed by atoms with Crippen LogP contribution in [-0.2, 0) is 4.79 Å². The second-order valence-corrected chi connectivity index (χ2v) is 6.88. The number of carboxylic acids is 2. The van der Waals surface area contributed by atoms with Gasteiger partial charge < -0.3 is 20.4 Å². The lowest BCUT2D eigenvalue weighted by atomic mass is 10.1. The van der Waals surface area contributed by atoms with Gasteiger partial charge in [-0.1, -0.05) is 31.5 Å². The van der Waals surface area contributed by atoms with Crippen LogP contribution in [0.15, 0.2) is 42.5 Å². The Bertz CT molecular complexity index is 961. The molecule has 0 spiro atoms. The number of carbonyl (C=O) groups is 3. The zero-order valence-electron chi connectivity index (χ0n) is 17.9. The second kappa shape index (κ2) is 11.7. The largest absolute Gasteiger partial charge is 0.490 e. The van der Waals surface area contributed by atoms with E-state index in [1.165, 1.54) is 6.07 Å². The number of carbonyl (C=O) groups excluding carboxylic acids is 1. The van der Waals surface area contributed by atoms with E-state index in [-0.39, 0.29) is 11.5 Å². The quantitative estimate of drug-likeness (QED) is 0.554. The van der Waals surface area contributed by atoms with Gasteiger partial charge in [0.1, 0.15) is 0 Å². The molecule has 174 valence electrons. The van der Waals surface area contributed by atoms with Gasteiger partial charge in [0.05, 0.1) is 11.3 Å². The van der Waals surface area contributed by atoms with E-state index in [9.17, 15) is 27.9 Å². The summed E-state index contributed by atoms with van der Waals surface area (Å²) in [7, 11) is 1.88. The van der Waals surface area contributed by atoms with Crippen LogP contribution in [0.2, 0.25) is 0 Å². The van der Waals surface area contributed by atoms with E-state index in [0.29, 0.717) is 16.9 Å². The second-order valence-electron chi connectivity index (χ2n) is 6.88. The molecule has 3 N–H and O–H groups in total. The Morgan fingerprint density at radius 1 is 1.03 bits per heavy atom. The number of nitrogens with zero attached hydrogens (tertiary/aromatic N) is 1. The Morgan fingerprint density at radius 3 is 2.12 bits per heavy atom. The topological polar surface area (TPSA) is 107 Å². The maximum Gasteiger partial charge on any atom is 0.490 e. The number of aromatic carboxylic acids is 1. The van der Waals surface area contributed by atoms with Crippen LogP contribution in [0, 0.1) is 6.92 Å².